The average Bonchev–Trinajstić information content (AvgIpc) is 2.96. The van der Waals surface area contributed by atoms with E-state index in [-0.39, 0.29) is 39.6 Å². The van der Waals surface area contributed by atoms with Crippen LogP contribution in [0.25, 0.3) is 0 Å². The third-order valence-corrected chi connectivity index (χ3v) is 15.4. The summed E-state index contributed by atoms with van der Waals surface area (Å²) < 4.78 is 5.82. The monoisotopic (exact) mass is 617 g/mol. The van der Waals surface area contributed by atoms with Crippen LogP contribution in [-0.4, -0.2) is 74.3 Å². The summed E-state index contributed by atoms with van der Waals surface area (Å²) in [5, 5.41) is 56.1. The summed E-state index contributed by atoms with van der Waals surface area (Å²) >= 11 is 0. The molecular formula is C36H59NO7. The van der Waals surface area contributed by atoms with Gasteiger partial charge in [0.05, 0.1) is 18.1 Å². The highest BCUT2D eigenvalue weighted by Gasteiger charge is 2.69. The number of carbonyl (C=O) groups excluding carboxylic acids is 1. The SMILES string of the molecule is C[C@H]1CCC[C@]2(C(=O)N[C@H]3OC(CO)[C@](C)(O)C(O)C3O)CC[C@]3(C)C(=CCC4[C@@]5(C)CC[C@H](O)C(C)(C)C5CC[C@]43C)C12. The van der Waals surface area contributed by atoms with Crippen LogP contribution in [0.2, 0.25) is 0 Å². The molecule has 6 N–H and O–H groups in total. The fraction of sp³-hybridized carbons (Fsp3) is 0.917. The topological polar surface area (TPSA) is 139 Å². The Kier molecular flexibility index (Phi) is 7.84. The maximum absolute atomic E-state index is 14.5. The largest absolute Gasteiger partial charge is 0.394 e. The highest BCUT2D eigenvalue weighted by atomic mass is 16.6. The summed E-state index contributed by atoms with van der Waals surface area (Å²) in [6, 6.07) is 0. The first-order valence-corrected chi connectivity index (χ1v) is 17.5. The van der Waals surface area contributed by atoms with E-state index in [1.54, 1.807) is 0 Å². The third kappa shape index (κ3) is 4.19. The van der Waals surface area contributed by atoms with Crippen LogP contribution in [0, 0.1) is 50.7 Å². The van der Waals surface area contributed by atoms with Crippen LogP contribution in [0.4, 0.5) is 0 Å². The van der Waals surface area contributed by atoms with Gasteiger partial charge in [0, 0.05) is 0 Å². The van der Waals surface area contributed by atoms with Crippen molar-refractivity contribution in [3.8, 4) is 0 Å². The van der Waals surface area contributed by atoms with Gasteiger partial charge in [-0.25, -0.2) is 0 Å². The third-order valence-electron chi connectivity index (χ3n) is 15.4. The zero-order valence-corrected chi connectivity index (χ0v) is 28.1. The minimum atomic E-state index is -1.84. The summed E-state index contributed by atoms with van der Waals surface area (Å²) in [5.74, 6) is 1.25. The lowest BCUT2D eigenvalue weighted by Crippen LogP contribution is -2.70. The predicted octanol–water partition coefficient (Wildman–Crippen LogP) is 4.07. The Morgan fingerprint density at radius 1 is 0.955 bits per heavy atom. The highest BCUT2D eigenvalue weighted by molar-refractivity contribution is 5.84. The molecule has 8 nitrogen and oxygen atoms in total. The molecule has 14 atom stereocenters. The summed E-state index contributed by atoms with van der Waals surface area (Å²) in [4.78, 5) is 14.5. The molecule has 1 aliphatic heterocycles. The molecule has 0 aromatic rings. The number of hydrogen-bond acceptors (Lipinski definition) is 7. The van der Waals surface area contributed by atoms with E-state index in [2.05, 4.69) is 52.9 Å². The minimum Gasteiger partial charge on any atom is -0.394 e. The lowest BCUT2D eigenvalue weighted by atomic mass is 9.33. The molecule has 0 aromatic heterocycles. The Morgan fingerprint density at radius 3 is 2.34 bits per heavy atom. The molecular weight excluding hydrogens is 558 g/mol. The van der Waals surface area contributed by atoms with E-state index in [0.29, 0.717) is 17.8 Å². The Bertz CT molecular complexity index is 1180. The molecule has 8 heteroatoms. The standard InChI is InChI=1S/C36H59NO7/c1-20-9-8-14-36(30(42)37-29-27(40)28(41)35(7,43)25(19-38)44-29)18-17-33(5)21(26(20)36)10-11-23-32(4)15-13-24(39)31(2,3)22(32)12-16-34(23,33)6/h10,20,22-29,38-41,43H,8-9,11-19H2,1-7H3,(H,37,42)/t20-,22?,23?,24-,25?,26?,27?,28?,29-,32-,33+,34+,35-,36-/m0/s1. The van der Waals surface area contributed by atoms with Gasteiger partial charge in [-0.05, 0) is 104 Å². The number of aliphatic hydroxyl groups is 5. The summed E-state index contributed by atoms with van der Waals surface area (Å²) in [7, 11) is 0. The van der Waals surface area contributed by atoms with Gasteiger partial charge in [-0.3, -0.25) is 4.79 Å². The number of hydrogen-bond donors (Lipinski definition) is 6. The number of fused-ring (bicyclic) bond motifs is 7. The summed E-state index contributed by atoms with van der Waals surface area (Å²) in [6.07, 6.45) is 6.44. The van der Waals surface area contributed by atoms with Gasteiger partial charge in [-0.2, -0.15) is 0 Å². The van der Waals surface area contributed by atoms with E-state index >= 15 is 0 Å². The molecule has 5 fully saturated rings. The Labute approximate surface area is 264 Å². The number of aliphatic hydroxyl groups excluding tert-OH is 4. The molecule has 0 radical (unpaired) electrons. The molecule has 1 saturated heterocycles. The van der Waals surface area contributed by atoms with Crippen molar-refractivity contribution in [2.45, 2.75) is 149 Å². The molecule has 250 valence electrons. The quantitative estimate of drug-likeness (QED) is 0.263. The lowest BCUT2D eigenvalue weighted by Gasteiger charge is -2.71. The number of ether oxygens (including phenoxy) is 1. The van der Waals surface area contributed by atoms with E-state index in [9.17, 15) is 30.3 Å². The molecule has 0 spiro atoms. The van der Waals surface area contributed by atoms with Crippen LogP contribution in [0.1, 0.15) is 113 Å². The number of amides is 1. The van der Waals surface area contributed by atoms with Crippen molar-refractivity contribution in [3.63, 3.8) is 0 Å². The number of nitrogens with one attached hydrogen (secondary N) is 1. The van der Waals surface area contributed by atoms with Crippen molar-refractivity contribution in [2.24, 2.45) is 50.7 Å². The zero-order chi connectivity index (χ0) is 32.3. The fourth-order valence-corrected chi connectivity index (χ4v) is 12.5. The van der Waals surface area contributed by atoms with Crippen LogP contribution in [0.15, 0.2) is 11.6 Å². The smallest absolute Gasteiger partial charge is 0.228 e. The van der Waals surface area contributed by atoms with Crippen LogP contribution in [-0.2, 0) is 9.53 Å². The van der Waals surface area contributed by atoms with E-state index in [1.165, 1.54) is 12.5 Å². The van der Waals surface area contributed by atoms with Crippen LogP contribution in [0.5, 0.6) is 0 Å². The van der Waals surface area contributed by atoms with Crippen molar-refractivity contribution in [2.75, 3.05) is 6.61 Å². The van der Waals surface area contributed by atoms with Crippen molar-refractivity contribution in [1.29, 1.82) is 0 Å². The number of allylic oxidation sites excluding steroid dienone is 2. The first-order chi connectivity index (χ1) is 20.4. The van der Waals surface area contributed by atoms with Crippen molar-refractivity contribution in [1.82, 2.24) is 5.32 Å². The first-order valence-electron chi connectivity index (χ1n) is 17.5. The molecule has 44 heavy (non-hydrogen) atoms. The molecule has 6 unspecified atom stereocenters. The zero-order valence-electron chi connectivity index (χ0n) is 28.1. The predicted molar refractivity (Wildman–Crippen MR) is 167 cm³/mol. The Balaban J connectivity index is 1.34. The second-order valence-corrected chi connectivity index (χ2v) is 17.5. The second-order valence-electron chi connectivity index (χ2n) is 17.5. The number of carbonyl (C=O) groups is 1. The molecule has 6 rings (SSSR count). The Hall–Kier alpha value is -1.03. The molecule has 4 saturated carbocycles. The molecule has 0 bridgehead atoms. The lowest BCUT2D eigenvalue weighted by molar-refractivity contribution is -0.275. The van der Waals surface area contributed by atoms with Crippen molar-refractivity contribution < 1.29 is 35.1 Å². The second kappa shape index (κ2) is 10.5. The molecule has 1 heterocycles. The van der Waals surface area contributed by atoms with Crippen molar-refractivity contribution in [3.05, 3.63) is 11.6 Å². The summed E-state index contributed by atoms with van der Waals surface area (Å²) in [6.45, 7) is 15.2. The Morgan fingerprint density at radius 2 is 1.66 bits per heavy atom. The van der Waals surface area contributed by atoms with Gasteiger partial charge in [-0.1, -0.05) is 66.0 Å². The van der Waals surface area contributed by atoms with Crippen LogP contribution < -0.4 is 5.32 Å². The molecule has 5 aliphatic carbocycles. The summed E-state index contributed by atoms with van der Waals surface area (Å²) in [5.41, 5.74) is -0.934. The first kappa shape index (κ1) is 32.9. The van der Waals surface area contributed by atoms with E-state index < -0.39 is 42.2 Å². The maximum Gasteiger partial charge on any atom is 0.228 e. The highest BCUT2D eigenvalue weighted by Crippen LogP contribution is 2.75. The van der Waals surface area contributed by atoms with Gasteiger partial charge in [0.25, 0.3) is 0 Å². The van der Waals surface area contributed by atoms with Gasteiger partial charge in [0.1, 0.15) is 23.9 Å². The maximum atomic E-state index is 14.5. The average molecular weight is 618 g/mol. The van der Waals surface area contributed by atoms with Gasteiger partial charge in [0.2, 0.25) is 5.91 Å². The van der Waals surface area contributed by atoms with Crippen molar-refractivity contribution >= 4 is 5.91 Å². The van der Waals surface area contributed by atoms with Crippen LogP contribution >= 0.6 is 0 Å². The molecule has 1 amide bonds. The van der Waals surface area contributed by atoms with Gasteiger partial charge in [0.15, 0.2) is 6.23 Å². The molecule has 0 aromatic carbocycles. The van der Waals surface area contributed by atoms with Crippen LogP contribution in [0.3, 0.4) is 0 Å². The number of rotatable bonds is 3. The van der Waals surface area contributed by atoms with E-state index in [0.717, 1.165) is 64.2 Å². The van der Waals surface area contributed by atoms with E-state index in [4.69, 9.17) is 4.74 Å². The molecule has 6 aliphatic rings. The normalized spacial score (nSPS) is 55.0. The van der Waals surface area contributed by atoms with Gasteiger partial charge in [-0.15, -0.1) is 0 Å². The van der Waals surface area contributed by atoms with E-state index in [1.807, 2.05) is 0 Å². The minimum absolute atomic E-state index is 0.0398. The van der Waals surface area contributed by atoms with Gasteiger partial charge < -0.3 is 35.6 Å². The fourth-order valence-electron chi connectivity index (χ4n) is 12.5. The van der Waals surface area contributed by atoms with Gasteiger partial charge >= 0.3 is 0 Å².